The average Bonchev–Trinajstić information content (AvgIpc) is 2.42. The molecule has 0 saturated heterocycles. The van der Waals surface area contributed by atoms with E-state index in [0.29, 0.717) is 26.6 Å². The van der Waals surface area contributed by atoms with Gasteiger partial charge in [0.2, 0.25) is 0 Å². The number of anilines is 2. The van der Waals surface area contributed by atoms with Crippen LogP contribution in [0.15, 0.2) is 42.5 Å². The molecule has 0 aliphatic rings. The highest BCUT2D eigenvalue weighted by molar-refractivity contribution is 6.31. The molecule has 100 valence electrons. The number of nitrogens with one attached hydrogen (secondary N) is 1. The normalized spacial score (nSPS) is 10.7. The number of rotatable bonds is 2. The van der Waals surface area contributed by atoms with Crippen LogP contribution in [0.1, 0.15) is 0 Å². The fourth-order valence-corrected chi connectivity index (χ4v) is 1.91. The van der Waals surface area contributed by atoms with Gasteiger partial charge in [-0.15, -0.1) is 0 Å². The molecule has 0 aliphatic carbocycles. The number of phenols is 1. The predicted octanol–water partition coefficient (Wildman–Crippen LogP) is 2.37. The van der Waals surface area contributed by atoms with Gasteiger partial charge in [-0.2, -0.15) is 0 Å². The van der Waals surface area contributed by atoms with Gasteiger partial charge in [0.15, 0.2) is 0 Å². The highest BCUT2D eigenvalue weighted by Gasteiger charge is 2.11. The van der Waals surface area contributed by atoms with Gasteiger partial charge in [-0.25, -0.2) is 4.98 Å². The Bertz CT molecular complexity index is 777. The van der Waals surface area contributed by atoms with Crippen LogP contribution >= 0.6 is 11.6 Å². The summed E-state index contributed by atoms with van der Waals surface area (Å²) in [5.41, 5.74) is 1.45. The first kappa shape index (κ1) is 12.4. The summed E-state index contributed by atoms with van der Waals surface area (Å²) in [6, 6.07) is 11.2. The van der Waals surface area contributed by atoms with E-state index in [2.05, 4.69) is 15.4 Å². The number of hydrogen-bond donors (Lipinski definition) is 2. The summed E-state index contributed by atoms with van der Waals surface area (Å²) in [6.07, 6.45) is 0. The minimum Gasteiger partial charge on any atom is -0.594 e. The van der Waals surface area contributed by atoms with Crippen LogP contribution in [-0.4, -0.2) is 15.2 Å². The van der Waals surface area contributed by atoms with Crippen molar-refractivity contribution in [3.8, 4) is 5.75 Å². The number of nitrogens with zero attached hydrogens (tertiary/aromatic N) is 3. The monoisotopic (exact) mass is 288 g/mol. The molecule has 2 aromatic carbocycles. The zero-order chi connectivity index (χ0) is 14.1. The minimum atomic E-state index is 0.156. The molecular weight excluding hydrogens is 280 g/mol. The van der Waals surface area contributed by atoms with Crippen LogP contribution in [0.4, 0.5) is 11.6 Å². The second-order valence-corrected chi connectivity index (χ2v) is 4.55. The smallest absolute Gasteiger partial charge is 0.295 e. The predicted molar refractivity (Wildman–Crippen MR) is 74.9 cm³/mol. The zero-order valence-electron chi connectivity index (χ0n) is 10.1. The van der Waals surface area contributed by atoms with Crippen LogP contribution in [0, 0.1) is 5.21 Å². The van der Waals surface area contributed by atoms with Crippen molar-refractivity contribution in [2.24, 2.45) is 0 Å². The number of hydrogen-bond acceptors (Lipinski definition) is 5. The van der Waals surface area contributed by atoms with Gasteiger partial charge in [-0.05, 0) is 41.2 Å². The van der Waals surface area contributed by atoms with E-state index in [0.717, 1.165) is 0 Å². The van der Waals surface area contributed by atoms with Crippen LogP contribution < -0.4 is 10.2 Å². The molecule has 0 fully saturated rings. The molecule has 0 aliphatic heterocycles. The van der Waals surface area contributed by atoms with E-state index in [9.17, 15) is 10.3 Å². The summed E-state index contributed by atoms with van der Waals surface area (Å²) in [5, 5.41) is 28.2. The Kier molecular flexibility index (Phi) is 3.00. The number of aromatic hydroxyl groups is 1. The minimum absolute atomic E-state index is 0.156. The molecule has 0 radical (unpaired) electrons. The summed E-state index contributed by atoms with van der Waals surface area (Å²) >= 11 is 5.83. The Morgan fingerprint density at radius 2 is 1.90 bits per heavy atom. The van der Waals surface area contributed by atoms with Gasteiger partial charge in [0.1, 0.15) is 11.3 Å². The third-order valence-electron chi connectivity index (χ3n) is 2.68. The molecule has 6 nitrogen and oxygen atoms in total. The van der Waals surface area contributed by atoms with Crippen LogP contribution in [0.5, 0.6) is 5.75 Å². The maximum Gasteiger partial charge on any atom is 0.295 e. The van der Waals surface area contributed by atoms with E-state index < -0.39 is 0 Å². The number of halogens is 1. The van der Waals surface area contributed by atoms with Crippen LogP contribution in [0.25, 0.3) is 11.0 Å². The number of fused-ring (bicyclic) bond motifs is 1. The largest absolute Gasteiger partial charge is 0.594 e. The van der Waals surface area contributed by atoms with E-state index in [4.69, 9.17) is 11.6 Å². The Morgan fingerprint density at radius 3 is 2.65 bits per heavy atom. The topological polar surface area (TPSA) is 85.0 Å². The lowest BCUT2D eigenvalue weighted by Gasteiger charge is -2.05. The molecule has 0 atom stereocenters. The highest BCUT2D eigenvalue weighted by atomic mass is 35.5. The summed E-state index contributed by atoms with van der Waals surface area (Å²) < 4.78 is 0. The van der Waals surface area contributed by atoms with Crippen molar-refractivity contribution in [1.29, 1.82) is 0 Å². The Balaban J connectivity index is 2.00. The number of phenolic OH excluding ortho intramolecular Hbond substituents is 1. The van der Waals surface area contributed by atoms with E-state index in [1.165, 1.54) is 18.2 Å². The lowest BCUT2D eigenvalue weighted by molar-refractivity contribution is -0.641. The van der Waals surface area contributed by atoms with Gasteiger partial charge in [-0.3, -0.25) is 0 Å². The van der Waals surface area contributed by atoms with E-state index in [1.807, 2.05) is 0 Å². The summed E-state index contributed by atoms with van der Waals surface area (Å²) in [6.45, 7) is 0. The molecule has 3 aromatic rings. The highest BCUT2D eigenvalue weighted by Crippen LogP contribution is 2.19. The molecule has 1 heterocycles. The molecule has 0 amide bonds. The van der Waals surface area contributed by atoms with Gasteiger partial charge in [0.05, 0.1) is 5.10 Å². The molecule has 0 bridgehead atoms. The van der Waals surface area contributed by atoms with Crippen molar-refractivity contribution in [3.63, 3.8) is 0 Å². The van der Waals surface area contributed by atoms with E-state index in [-0.39, 0.29) is 11.7 Å². The molecule has 0 spiro atoms. The third kappa shape index (κ3) is 2.41. The van der Waals surface area contributed by atoms with Crippen molar-refractivity contribution < 1.29 is 9.95 Å². The van der Waals surface area contributed by atoms with Crippen molar-refractivity contribution in [2.45, 2.75) is 0 Å². The summed E-state index contributed by atoms with van der Waals surface area (Å²) in [5.74, 6) is 0.323. The summed E-state index contributed by atoms with van der Waals surface area (Å²) in [7, 11) is 0. The molecule has 0 unspecified atom stereocenters. The SMILES string of the molecule is [O-][n+]1nc(Nc2ccc(O)cc2)nc2ccc(Cl)cc21. The van der Waals surface area contributed by atoms with E-state index >= 15 is 0 Å². The lowest BCUT2D eigenvalue weighted by Crippen LogP contribution is -2.33. The van der Waals surface area contributed by atoms with Gasteiger partial charge in [0, 0.05) is 16.8 Å². The second kappa shape index (κ2) is 4.82. The maximum atomic E-state index is 11.8. The van der Waals surface area contributed by atoms with Crippen LogP contribution in [0.3, 0.4) is 0 Å². The Hall–Kier alpha value is -2.60. The fraction of sp³-hybridized carbons (Fsp3) is 0. The van der Waals surface area contributed by atoms with Crippen LogP contribution in [-0.2, 0) is 0 Å². The van der Waals surface area contributed by atoms with Gasteiger partial charge >= 0.3 is 0 Å². The molecular formula is C13H9ClN4O2. The van der Waals surface area contributed by atoms with Gasteiger partial charge < -0.3 is 15.6 Å². The quantitative estimate of drug-likeness (QED) is 0.429. The van der Waals surface area contributed by atoms with Gasteiger partial charge in [-0.1, -0.05) is 11.6 Å². The molecule has 2 N–H and O–H groups in total. The van der Waals surface area contributed by atoms with Crippen molar-refractivity contribution in [2.75, 3.05) is 5.32 Å². The fourth-order valence-electron chi connectivity index (χ4n) is 1.75. The van der Waals surface area contributed by atoms with Crippen LogP contribution in [0.2, 0.25) is 5.02 Å². The number of benzene rings is 2. The molecule has 20 heavy (non-hydrogen) atoms. The Labute approximate surface area is 118 Å². The van der Waals surface area contributed by atoms with Crippen molar-refractivity contribution >= 4 is 34.3 Å². The average molecular weight is 289 g/mol. The first-order valence-electron chi connectivity index (χ1n) is 5.75. The Morgan fingerprint density at radius 1 is 1.15 bits per heavy atom. The van der Waals surface area contributed by atoms with E-state index in [1.54, 1.807) is 24.3 Å². The first-order valence-corrected chi connectivity index (χ1v) is 6.13. The first-order chi connectivity index (χ1) is 9.61. The van der Waals surface area contributed by atoms with Crippen molar-refractivity contribution in [1.82, 2.24) is 10.1 Å². The second-order valence-electron chi connectivity index (χ2n) is 4.11. The molecule has 0 saturated carbocycles. The lowest BCUT2D eigenvalue weighted by atomic mass is 10.3. The maximum absolute atomic E-state index is 11.8. The standard InChI is InChI=1S/C13H9ClN4O2/c14-8-1-6-11-12(7-8)18(20)17-13(16-11)15-9-2-4-10(19)5-3-9/h1-7,19H,(H,15,16,17). The van der Waals surface area contributed by atoms with Crippen molar-refractivity contribution in [3.05, 3.63) is 52.7 Å². The third-order valence-corrected chi connectivity index (χ3v) is 2.91. The molecule has 3 rings (SSSR count). The number of aromatic nitrogens is 3. The van der Waals surface area contributed by atoms with Gasteiger partial charge in [0.25, 0.3) is 11.5 Å². The summed E-state index contributed by atoms with van der Waals surface area (Å²) in [4.78, 5) is 4.70. The zero-order valence-corrected chi connectivity index (χ0v) is 10.9. The molecule has 1 aromatic heterocycles. The molecule has 7 heteroatoms.